The lowest BCUT2D eigenvalue weighted by Crippen LogP contribution is -2.22. The fourth-order valence-corrected chi connectivity index (χ4v) is 3.74. The SMILES string of the molecule is CCNC(c1cc(Br)c(C)s1)c1ccc(Cl)cc1F. The van der Waals surface area contributed by atoms with Crippen LogP contribution in [-0.4, -0.2) is 6.54 Å². The molecule has 0 radical (unpaired) electrons. The number of benzene rings is 1. The lowest BCUT2D eigenvalue weighted by Gasteiger charge is -2.17. The molecule has 2 rings (SSSR count). The molecule has 0 saturated carbocycles. The van der Waals surface area contributed by atoms with Gasteiger partial charge < -0.3 is 5.32 Å². The molecule has 1 unspecified atom stereocenters. The van der Waals surface area contributed by atoms with Crippen LogP contribution >= 0.6 is 38.9 Å². The molecule has 0 fully saturated rings. The molecule has 5 heteroatoms. The van der Waals surface area contributed by atoms with E-state index < -0.39 is 0 Å². The Hall–Kier alpha value is -0.420. The first kappa shape index (κ1) is 15.0. The third-order valence-corrected chi connectivity index (χ3v) is 5.28. The highest BCUT2D eigenvalue weighted by Gasteiger charge is 2.20. The van der Waals surface area contributed by atoms with Crippen molar-refractivity contribution in [3.05, 3.63) is 54.9 Å². The van der Waals surface area contributed by atoms with Crippen molar-refractivity contribution in [1.29, 1.82) is 0 Å². The maximum absolute atomic E-state index is 14.1. The van der Waals surface area contributed by atoms with Gasteiger partial charge in [-0.15, -0.1) is 11.3 Å². The second-order valence-corrected chi connectivity index (χ2v) is 6.79. The van der Waals surface area contributed by atoms with E-state index in [-0.39, 0.29) is 11.9 Å². The molecule has 0 bridgehead atoms. The van der Waals surface area contributed by atoms with Gasteiger partial charge in [0.2, 0.25) is 0 Å². The van der Waals surface area contributed by atoms with E-state index in [0.29, 0.717) is 10.6 Å². The summed E-state index contributed by atoms with van der Waals surface area (Å²) in [7, 11) is 0. The zero-order chi connectivity index (χ0) is 14.0. The van der Waals surface area contributed by atoms with Crippen LogP contribution in [0.1, 0.15) is 28.3 Å². The molecular weight excluding hydrogens is 349 g/mol. The first-order valence-corrected chi connectivity index (χ1v) is 7.95. The number of hydrogen-bond acceptors (Lipinski definition) is 2. The van der Waals surface area contributed by atoms with Crippen molar-refractivity contribution >= 4 is 38.9 Å². The van der Waals surface area contributed by atoms with Gasteiger partial charge in [0.1, 0.15) is 5.82 Å². The number of thiophene rings is 1. The molecule has 2 aromatic rings. The Morgan fingerprint density at radius 3 is 2.68 bits per heavy atom. The van der Waals surface area contributed by atoms with Gasteiger partial charge >= 0.3 is 0 Å². The van der Waals surface area contributed by atoms with Gasteiger partial charge in [-0.2, -0.15) is 0 Å². The lowest BCUT2D eigenvalue weighted by atomic mass is 10.0. The summed E-state index contributed by atoms with van der Waals surface area (Å²) in [5.41, 5.74) is 0.625. The maximum atomic E-state index is 14.1. The van der Waals surface area contributed by atoms with E-state index in [9.17, 15) is 4.39 Å². The summed E-state index contributed by atoms with van der Waals surface area (Å²) in [6, 6.07) is 6.73. The normalized spacial score (nSPS) is 12.7. The van der Waals surface area contributed by atoms with Gasteiger partial charge in [-0.3, -0.25) is 0 Å². The van der Waals surface area contributed by atoms with Crippen LogP contribution in [0.25, 0.3) is 0 Å². The second kappa shape index (κ2) is 6.35. The highest BCUT2D eigenvalue weighted by Crippen LogP contribution is 2.35. The molecule has 1 aromatic heterocycles. The largest absolute Gasteiger partial charge is 0.306 e. The van der Waals surface area contributed by atoms with Crippen LogP contribution in [0.5, 0.6) is 0 Å². The van der Waals surface area contributed by atoms with Crippen molar-refractivity contribution in [3.8, 4) is 0 Å². The van der Waals surface area contributed by atoms with Crippen LogP contribution in [0.3, 0.4) is 0 Å². The van der Waals surface area contributed by atoms with Gasteiger partial charge in [-0.25, -0.2) is 4.39 Å². The second-order valence-electron chi connectivity index (χ2n) is 4.21. The summed E-state index contributed by atoms with van der Waals surface area (Å²) < 4.78 is 15.1. The molecule has 1 aromatic carbocycles. The Morgan fingerprint density at radius 2 is 2.16 bits per heavy atom. The topological polar surface area (TPSA) is 12.0 Å². The van der Waals surface area contributed by atoms with E-state index in [2.05, 4.69) is 21.2 Å². The Morgan fingerprint density at radius 1 is 1.42 bits per heavy atom. The molecular formula is C14H14BrClFNS. The van der Waals surface area contributed by atoms with Crippen LogP contribution < -0.4 is 5.32 Å². The van der Waals surface area contributed by atoms with E-state index in [4.69, 9.17) is 11.6 Å². The van der Waals surface area contributed by atoms with Crippen molar-refractivity contribution in [3.63, 3.8) is 0 Å². The van der Waals surface area contributed by atoms with E-state index in [0.717, 1.165) is 15.9 Å². The number of halogens is 3. The van der Waals surface area contributed by atoms with Crippen LogP contribution in [0.2, 0.25) is 5.02 Å². The molecule has 19 heavy (non-hydrogen) atoms. The number of aryl methyl sites for hydroxylation is 1. The highest BCUT2D eigenvalue weighted by atomic mass is 79.9. The molecule has 0 aliphatic carbocycles. The van der Waals surface area contributed by atoms with Gasteiger partial charge in [-0.05, 0) is 47.6 Å². The summed E-state index contributed by atoms with van der Waals surface area (Å²) in [5, 5.41) is 3.74. The predicted octanol–water partition coefficient (Wildman–Crippen LogP) is 5.31. The Balaban J connectivity index is 2.44. The van der Waals surface area contributed by atoms with Gasteiger partial charge in [-0.1, -0.05) is 24.6 Å². The lowest BCUT2D eigenvalue weighted by molar-refractivity contribution is 0.563. The van der Waals surface area contributed by atoms with Gasteiger partial charge in [0.15, 0.2) is 0 Å². The monoisotopic (exact) mass is 361 g/mol. The van der Waals surface area contributed by atoms with Crippen molar-refractivity contribution in [2.75, 3.05) is 6.54 Å². The average molecular weight is 363 g/mol. The molecule has 0 saturated heterocycles. The third-order valence-electron chi connectivity index (χ3n) is 2.84. The molecule has 0 spiro atoms. The fraction of sp³-hybridized carbons (Fsp3) is 0.286. The number of hydrogen-bond donors (Lipinski definition) is 1. The van der Waals surface area contributed by atoms with Gasteiger partial charge in [0.05, 0.1) is 6.04 Å². The van der Waals surface area contributed by atoms with Crippen molar-refractivity contribution in [2.24, 2.45) is 0 Å². The molecule has 1 nitrogen and oxygen atoms in total. The zero-order valence-electron chi connectivity index (χ0n) is 10.6. The smallest absolute Gasteiger partial charge is 0.129 e. The minimum atomic E-state index is -0.277. The van der Waals surface area contributed by atoms with Crippen molar-refractivity contribution < 1.29 is 4.39 Å². The Kier molecular flexibility index (Phi) is 5.01. The molecule has 1 atom stereocenters. The summed E-state index contributed by atoms with van der Waals surface area (Å²) in [6.45, 7) is 4.82. The van der Waals surface area contributed by atoms with Gasteiger partial charge in [0.25, 0.3) is 0 Å². The summed E-state index contributed by atoms with van der Waals surface area (Å²) in [4.78, 5) is 2.28. The first-order valence-electron chi connectivity index (χ1n) is 5.97. The predicted molar refractivity (Wildman–Crippen MR) is 83.7 cm³/mol. The van der Waals surface area contributed by atoms with E-state index in [1.54, 1.807) is 23.5 Å². The van der Waals surface area contributed by atoms with E-state index in [1.165, 1.54) is 10.9 Å². The minimum absolute atomic E-state index is 0.141. The van der Waals surface area contributed by atoms with Crippen LogP contribution in [0, 0.1) is 12.7 Å². The quantitative estimate of drug-likeness (QED) is 0.777. The molecule has 0 amide bonds. The molecule has 1 N–H and O–H groups in total. The van der Waals surface area contributed by atoms with Crippen LogP contribution in [-0.2, 0) is 0 Å². The van der Waals surface area contributed by atoms with Crippen LogP contribution in [0.4, 0.5) is 4.39 Å². The average Bonchev–Trinajstić information content (AvgIpc) is 2.67. The molecule has 1 heterocycles. The zero-order valence-corrected chi connectivity index (χ0v) is 13.8. The molecule has 0 aliphatic heterocycles. The summed E-state index contributed by atoms with van der Waals surface area (Å²) in [5.74, 6) is -0.277. The fourth-order valence-electron chi connectivity index (χ4n) is 1.93. The Bertz CT molecular complexity index is 565. The van der Waals surface area contributed by atoms with Gasteiger partial charge in [0, 0.05) is 24.8 Å². The van der Waals surface area contributed by atoms with Crippen molar-refractivity contribution in [2.45, 2.75) is 19.9 Å². The van der Waals surface area contributed by atoms with E-state index in [1.807, 2.05) is 19.9 Å². The standard InChI is InChI=1S/C14H14BrClFNS/c1-3-18-14(13-7-11(15)8(2)19-13)10-5-4-9(16)6-12(10)17/h4-7,14,18H,3H2,1-2H3. The van der Waals surface area contributed by atoms with Crippen molar-refractivity contribution in [1.82, 2.24) is 5.32 Å². The summed E-state index contributed by atoms with van der Waals surface area (Å²) in [6.07, 6.45) is 0. The number of nitrogens with one attached hydrogen (secondary N) is 1. The third kappa shape index (κ3) is 3.37. The van der Waals surface area contributed by atoms with Crippen LogP contribution in [0.15, 0.2) is 28.7 Å². The minimum Gasteiger partial charge on any atom is -0.306 e. The Labute approximate surface area is 129 Å². The number of rotatable bonds is 4. The van der Waals surface area contributed by atoms with E-state index >= 15 is 0 Å². The molecule has 0 aliphatic rings. The molecule has 102 valence electrons. The maximum Gasteiger partial charge on any atom is 0.129 e. The summed E-state index contributed by atoms with van der Waals surface area (Å²) >= 11 is 11.0. The highest BCUT2D eigenvalue weighted by molar-refractivity contribution is 9.10. The first-order chi connectivity index (χ1) is 9.02.